The van der Waals surface area contributed by atoms with E-state index in [1.807, 2.05) is 0 Å². The fraction of sp³-hybridized carbons (Fsp3) is 0.417. The Hall–Kier alpha value is -2.50. The molecule has 0 aromatic carbocycles. The number of carboxylic acids is 1. The highest BCUT2D eigenvalue weighted by Crippen LogP contribution is 2.41. The first-order valence-corrected chi connectivity index (χ1v) is 7.43. The highest BCUT2D eigenvalue weighted by Gasteiger charge is 2.53. The largest absolute Gasteiger partial charge is 0.481 e. The van der Waals surface area contributed by atoms with Crippen molar-refractivity contribution in [3.8, 4) is 0 Å². The normalized spacial score (nSPS) is 21.4. The number of thiophene rings is 1. The Labute approximate surface area is 135 Å². The van der Waals surface area contributed by atoms with Gasteiger partial charge in [0.2, 0.25) is 0 Å². The van der Waals surface area contributed by atoms with Gasteiger partial charge in [0.05, 0.1) is 22.1 Å². The van der Waals surface area contributed by atoms with E-state index in [1.165, 1.54) is 11.0 Å². The number of hydrogen-bond donors (Lipinski definition) is 1. The molecule has 3 rings (SSSR count). The summed E-state index contributed by atoms with van der Waals surface area (Å²) in [5.41, 5.74) is 0. The van der Waals surface area contributed by atoms with Crippen LogP contribution in [-0.2, 0) is 4.79 Å². The van der Waals surface area contributed by atoms with Gasteiger partial charge < -0.3 is 10.0 Å². The number of nitrogens with zero attached hydrogens (tertiary/aromatic N) is 4. The minimum atomic E-state index is -4.66. The molecule has 128 valence electrons. The van der Waals surface area contributed by atoms with Crippen LogP contribution >= 0.6 is 11.3 Å². The van der Waals surface area contributed by atoms with Crippen molar-refractivity contribution >= 4 is 38.3 Å². The molecule has 1 saturated heterocycles. The van der Waals surface area contributed by atoms with E-state index >= 15 is 0 Å². The summed E-state index contributed by atoms with van der Waals surface area (Å²) in [4.78, 5) is 30.6. The molecular formula is C12H9F3N4O4S. The van der Waals surface area contributed by atoms with Crippen LogP contribution in [0, 0.1) is 22.0 Å². The van der Waals surface area contributed by atoms with E-state index in [4.69, 9.17) is 5.11 Å². The summed E-state index contributed by atoms with van der Waals surface area (Å²) in [5.74, 6) is -5.12. The third-order valence-corrected chi connectivity index (χ3v) is 4.83. The summed E-state index contributed by atoms with van der Waals surface area (Å²) in [6, 6.07) is 1.19. The predicted octanol–water partition coefficient (Wildman–Crippen LogP) is 2.30. The Kier molecular flexibility index (Phi) is 3.78. The van der Waals surface area contributed by atoms with Gasteiger partial charge in [-0.25, -0.2) is 9.97 Å². The standard InChI is InChI=1S/C12H9F3N4O4S/c13-12(14,15)7-3-18(2-6(7)11(20)21)9-5-1-8(19(22)23)24-10(5)17-4-16-9/h1,4,6-7H,2-3H2,(H,20,21)/t6-,7-/m1/s1. The summed E-state index contributed by atoms with van der Waals surface area (Å²) < 4.78 is 39.2. The maximum atomic E-state index is 13.1. The van der Waals surface area contributed by atoms with Crippen molar-refractivity contribution < 1.29 is 28.0 Å². The minimum Gasteiger partial charge on any atom is -0.481 e. The highest BCUT2D eigenvalue weighted by molar-refractivity contribution is 7.21. The van der Waals surface area contributed by atoms with E-state index in [1.54, 1.807) is 0 Å². The van der Waals surface area contributed by atoms with Crippen molar-refractivity contribution in [2.45, 2.75) is 6.18 Å². The second-order valence-corrected chi connectivity index (χ2v) is 6.26. The van der Waals surface area contributed by atoms with Crippen LogP contribution < -0.4 is 4.90 Å². The van der Waals surface area contributed by atoms with Gasteiger partial charge in [-0.15, -0.1) is 0 Å². The van der Waals surface area contributed by atoms with Gasteiger partial charge in [0.1, 0.15) is 17.0 Å². The molecule has 2 aromatic rings. The van der Waals surface area contributed by atoms with Gasteiger partial charge in [-0.2, -0.15) is 13.2 Å². The van der Waals surface area contributed by atoms with Crippen molar-refractivity contribution in [2.24, 2.45) is 11.8 Å². The number of aliphatic carboxylic acids is 1. The molecule has 24 heavy (non-hydrogen) atoms. The molecule has 1 aliphatic heterocycles. The Morgan fingerprint density at radius 1 is 1.42 bits per heavy atom. The zero-order chi connectivity index (χ0) is 17.6. The van der Waals surface area contributed by atoms with Crippen molar-refractivity contribution in [3.63, 3.8) is 0 Å². The lowest BCUT2D eigenvalue weighted by Crippen LogP contribution is -2.33. The molecule has 0 saturated carbocycles. The van der Waals surface area contributed by atoms with Crippen molar-refractivity contribution in [3.05, 3.63) is 22.5 Å². The first kappa shape index (κ1) is 16.4. The first-order chi connectivity index (χ1) is 11.2. The smallest absolute Gasteiger partial charge is 0.394 e. The molecule has 12 heteroatoms. The number of carbonyl (C=O) groups is 1. The zero-order valence-corrected chi connectivity index (χ0v) is 12.5. The van der Waals surface area contributed by atoms with E-state index < -0.39 is 35.4 Å². The second-order valence-electron chi connectivity index (χ2n) is 5.26. The Balaban J connectivity index is 2.02. The van der Waals surface area contributed by atoms with Crippen LogP contribution in [0.5, 0.6) is 0 Å². The molecule has 3 heterocycles. The third-order valence-electron chi connectivity index (χ3n) is 3.83. The summed E-state index contributed by atoms with van der Waals surface area (Å²) in [5, 5.41) is 19.9. The number of rotatable bonds is 3. The number of halogens is 3. The fourth-order valence-electron chi connectivity index (χ4n) is 2.73. The van der Waals surface area contributed by atoms with Crippen LogP contribution in [0.2, 0.25) is 0 Å². The molecule has 0 bridgehead atoms. The first-order valence-electron chi connectivity index (χ1n) is 6.62. The molecule has 2 aromatic heterocycles. The minimum absolute atomic E-state index is 0.0716. The van der Waals surface area contributed by atoms with Crippen molar-refractivity contribution in [1.82, 2.24) is 9.97 Å². The van der Waals surface area contributed by atoms with Crippen LogP contribution in [0.25, 0.3) is 10.2 Å². The lowest BCUT2D eigenvalue weighted by Gasteiger charge is -2.19. The quantitative estimate of drug-likeness (QED) is 0.659. The lowest BCUT2D eigenvalue weighted by atomic mass is 9.96. The topological polar surface area (TPSA) is 109 Å². The monoisotopic (exact) mass is 362 g/mol. The predicted molar refractivity (Wildman–Crippen MR) is 77.0 cm³/mol. The molecule has 1 fully saturated rings. The molecule has 1 aliphatic rings. The van der Waals surface area contributed by atoms with Gasteiger partial charge in [-0.1, -0.05) is 0 Å². The lowest BCUT2D eigenvalue weighted by molar-refractivity contribution is -0.380. The van der Waals surface area contributed by atoms with Crippen molar-refractivity contribution in [2.75, 3.05) is 18.0 Å². The van der Waals surface area contributed by atoms with Crippen LogP contribution in [-0.4, -0.2) is 45.2 Å². The molecule has 0 radical (unpaired) electrons. The van der Waals surface area contributed by atoms with Gasteiger partial charge in [-0.05, 0) is 11.3 Å². The van der Waals surface area contributed by atoms with Gasteiger partial charge in [-0.3, -0.25) is 14.9 Å². The molecule has 0 unspecified atom stereocenters. The summed E-state index contributed by atoms with van der Waals surface area (Å²) in [6.45, 7) is -0.953. The van der Waals surface area contributed by atoms with E-state index in [0.717, 1.165) is 17.7 Å². The third kappa shape index (κ3) is 2.72. The Morgan fingerprint density at radius 2 is 2.12 bits per heavy atom. The Bertz CT molecular complexity index is 824. The van der Waals surface area contributed by atoms with Crippen LogP contribution in [0.15, 0.2) is 12.4 Å². The average Bonchev–Trinajstić information content (AvgIpc) is 3.10. The summed E-state index contributed by atoms with van der Waals surface area (Å²) >= 11 is 0.776. The second kappa shape index (κ2) is 5.54. The van der Waals surface area contributed by atoms with E-state index in [-0.39, 0.29) is 27.6 Å². The maximum absolute atomic E-state index is 13.1. The number of carboxylic acid groups (broad SMARTS) is 1. The van der Waals surface area contributed by atoms with Gasteiger partial charge in [0, 0.05) is 19.2 Å². The zero-order valence-electron chi connectivity index (χ0n) is 11.7. The summed E-state index contributed by atoms with van der Waals surface area (Å²) in [6.07, 6.45) is -3.57. The van der Waals surface area contributed by atoms with Crippen molar-refractivity contribution in [1.29, 1.82) is 0 Å². The van der Waals surface area contributed by atoms with E-state index in [0.29, 0.717) is 0 Å². The summed E-state index contributed by atoms with van der Waals surface area (Å²) in [7, 11) is 0. The Morgan fingerprint density at radius 3 is 2.67 bits per heavy atom. The highest BCUT2D eigenvalue weighted by atomic mass is 32.1. The molecule has 2 atom stereocenters. The fourth-order valence-corrected chi connectivity index (χ4v) is 3.54. The number of anilines is 1. The molecule has 0 aliphatic carbocycles. The molecular weight excluding hydrogens is 353 g/mol. The average molecular weight is 362 g/mol. The van der Waals surface area contributed by atoms with Crippen LogP contribution in [0.3, 0.4) is 0 Å². The number of fused-ring (bicyclic) bond motifs is 1. The number of aromatic nitrogens is 2. The molecule has 0 amide bonds. The van der Waals surface area contributed by atoms with Gasteiger partial charge in [0.25, 0.3) is 0 Å². The van der Waals surface area contributed by atoms with Gasteiger partial charge >= 0.3 is 17.1 Å². The number of alkyl halides is 3. The molecule has 0 spiro atoms. The molecule has 8 nitrogen and oxygen atoms in total. The van der Waals surface area contributed by atoms with Crippen LogP contribution in [0.1, 0.15) is 0 Å². The number of nitro groups is 1. The van der Waals surface area contributed by atoms with Gasteiger partial charge in [0.15, 0.2) is 0 Å². The molecule has 1 N–H and O–H groups in total. The van der Waals surface area contributed by atoms with Crippen LogP contribution in [0.4, 0.5) is 24.0 Å². The van der Waals surface area contributed by atoms with E-state index in [2.05, 4.69) is 9.97 Å². The maximum Gasteiger partial charge on any atom is 0.394 e. The number of hydrogen-bond acceptors (Lipinski definition) is 7. The van der Waals surface area contributed by atoms with E-state index in [9.17, 15) is 28.1 Å². The SMILES string of the molecule is O=C(O)[C@@H]1CN(c2ncnc3sc([N+](=O)[O-])cc23)C[C@H]1C(F)(F)F.